The Balaban J connectivity index is 1.18. The highest BCUT2D eigenvalue weighted by Crippen LogP contribution is 2.31. The van der Waals surface area contributed by atoms with Gasteiger partial charge < -0.3 is 20.1 Å². The van der Waals surface area contributed by atoms with E-state index in [2.05, 4.69) is 32.8 Å². The lowest BCUT2D eigenvalue weighted by Crippen LogP contribution is -2.36. The molecule has 0 unspecified atom stereocenters. The minimum absolute atomic E-state index is 0.221. The van der Waals surface area contributed by atoms with Gasteiger partial charge in [0.2, 0.25) is 0 Å². The molecule has 2 aromatic heterocycles. The maximum Gasteiger partial charge on any atom is 0.256 e. The molecule has 1 fully saturated rings. The van der Waals surface area contributed by atoms with E-state index in [1.807, 2.05) is 65.4 Å². The monoisotopic (exact) mass is 508 g/mol. The molecule has 8 heteroatoms. The van der Waals surface area contributed by atoms with Crippen LogP contribution in [0.2, 0.25) is 0 Å². The van der Waals surface area contributed by atoms with Crippen molar-refractivity contribution in [3.05, 3.63) is 96.4 Å². The van der Waals surface area contributed by atoms with Gasteiger partial charge in [0.15, 0.2) is 5.82 Å². The number of amides is 1. The van der Waals surface area contributed by atoms with Gasteiger partial charge in [-0.15, -0.1) is 0 Å². The number of hydrogen-bond acceptors (Lipinski definition) is 4. The lowest BCUT2D eigenvalue weighted by Gasteiger charge is -2.30. The molecule has 1 amide bonds. The van der Waals surface area contributed by atoms with E-state index in [0.717, 1.165) is 59.5 Å². The smallest absolute Gasteiger partial charge is 0.256 e. The molecular weight excluding hydrogens is 479 g/mol. The van der Waals surface area contributed by atoms with E-state index in [0.29, 0.717) is 17.4 Å². The Labute approximate surface area is 220 Å². The summed E-state index contributed by atoms with van der Waals surface area (Å²) < 4.78 is 15.5. The van der Waals surface area contributed by atoms with E-state index in [9.17, 15) is 9.18 Å². The van der Waals surface area contributed by atoms with E-state index in [4.69, 9.17) is 0 Å². The number of halogens is 1. The van der Waals surface area contributed by atoms with Crippen LogP contribution in [-0.4, -0.2) is 51.8 Å². The maximum absolute atomic E-state index is 13.5. The van der Waals surface area contributed by atoms with Gasteiger partial charge in [-0.3, -0.25) is 9.89 Å². The first-order valence-corrected chi connectivity index (χ1v) is 12.8. The number of nitrogens with one attached hydrogen (secondary N) is 3. The topological polar surface area (TPSA) is 78.0 Å². The minimum Gasteiger partial charge on any atom is -0.382 e. The summed E-state index contributed by atoms with van der Waals surface area (Å²) in [6.07, 6.45) is 4.19. The average Bonchev–Trinajstić information content (AvgIpc) is 3.58. The van der Waals surface area contributed by atoms with E-state index in [1.165, 1.54) is 12.1 Å². The van der Waals surface area contributed by atoms with Crippen LogP contribution in [0.4, 0.5) is 15.9 Å². The normalized spacial score (nSPS) is 14.6. The summed E-state index contributed by atoms with van der Waals surface area (Å²) in [7, 11) is 2.15. The molecule has 3 aromatic carbocycles. The number of likely N-dealkylation sites (tertiary alicyclic amines) is 1. The molecule has 1 aliphatic heterocycles. The predicted molar refractivity (Wildman–Crippen MR) is 149 cm³/mol. The minimum atomic E-state index is -0.275. The highest BCUT2D eigenvalue weighted by Gasteiger charge is 2.17. The second-order valence-corrected chi connectivity index (χ2v) is 9.83. The van der Waals surface area contributed by atoms with Crippen molar-refractivity contribution in [2.45, 2.75) is 18.9 Å². The number of fused-ring (bicyclic) bond motifs is 1. The predicted octanol–water partition coefficient (Wildman–Crippen LogP) is 5.92. The molecule has 0 atom stereocenters. The van der Waals surface area contributed by atoms with Gasteiger partial charge in [-0.2, -0.15) is 5.10 Å². The van der Waals surface area contributed by atoms with Crippen LogP contribution in [0.25, 0.3) is 27.8 Å². The summed E-state index contributed by atoms with van der Waals surface area (Å²) in [6, 6.07) is 24.3. The number of para-hydroxylation sites is 1. The number of rotatable bonds is 6. The van der Waals surface area contributed by atoms with E-state index in [1.54, 1.807) is 12.1 Å². The largest absolute Gasteiger partial charge is 0.382 e. The third kappa shape index (κ3) is 4.90. The molecule has 0 saturated carbocycles. The standard InChI is InChI=1S/C30H29FN6O/c1-36-16-14-24(15-17-36)32-23-9-5-21(6-10-23)30(38)33-28-19-27(34-35-28)26-4-2-3-20-13-18-37(29(20)26)25-11-7-22(31)8-12-25/h2-13,18-19,24,32H,14-17H2,1H3,(H2,33,34,35,38). The van der Waals surface area contributed by atoms with Gasteiger partial charge in [0.1, 0.15) is 5.82 Å². The molecule has 0 spiro atoms. The van der Waals surface area contributed by atoms with E-state index in [-0.39, 0.29) is 11.7 Å². The summed E-state index contributed by atoms with van der Waals surface area (Å²) in [6.45, 7) is 2.19. The number of anilines is 2. The number of hydrogen-bond donors (Lipinski definition) is 3. The highest BCUT2D eigenvalue weighted by atomic mass is 19.1. The van der Waals surface area contributed by atoms with Crippen molar-refractivity contribution in [3.63, 3.8) is 0 Å². The second-order valence-electron chi connectivity index (χ2n) is 9.83. The van der Waals surface area contributed by atoms with Crippen LogP contribution in [0.5, 0.6) is 0 Å². The summed E-state index contributed by atoms with van der Waals surface area (Å²) in [5.41, 5.74) is 5.11. The first-order chi connectivity index (χ1) is 18.5. The number of carbonyl (C=O) groups excluding carboxylic acids is 1. The molecule has 1 saturated heterocycles. The van der Waals surface area contributed by atoms with Crippen molar-refractivity contribution in [1.82, 2.24) is 19.7 Å². The van der Waals surface area contributed by atoms with Crippen molar-refractivity contribution in [1.29, 1.82) is 0 Å². The fraction of sp³-hybridized carbons (Fsp3) is 0.200. The van der Waals surface area contributed by atoms with Gasteiger partial charge >= 0.3 is 0 Å². The maximum atomic E-state index is 13.5. The Hall–Kier alpha value is -4.43. The zero-order valence-corrected chi connectivity index (χ0v) is 21.1. The lowest BCUT2D eigenvalue weighted by atomic mass is 10.0. The third-order valence-electron chi connectivity index (χ3n) is 7.16. The van der Waals surface area contributed by atoms with E-state index >= 15 is 0 Å². The molecule has 0 bridgehead atoms. The second kappa shape index (κ2) is 10.1. The van der Waals surface area contributed by atoms with Crippen LogP contribution in [0.1, 0.15) is 23.2 Å². The molecule has 38 heavy (non-hydrogen) atoms. The quantitative estimate of drug-likeness (QED) is 0.266. The number of piperidine rings is 1. The van der Waals surface area contributed by atoms with Crippen LogP contribution in [0, 0.1) is 5.82 Å². The molecule has 192 valence electrons. The number of aromatic nitrogens is 3. The lowest BCUT2D eigenvalue weighted by molar-refractivity contribution is 0.102. The van der Waals surface area contributed by atoms with Crippen molar-refractivity contribution < 1.29 is 9.18 Å². The van der Waals surface area contributed by atoms with Crippen molar-refractivity contribution in [2.24, 2.45) is 0 Å². The van der Waals surface area contributed by atoms with Crippen LogP contribution in [-0.2, 0) is 0 Å². The molecule has 0 aliphatic carbocycles. The summed E-state index contributed by atoms with van der Waals surface area (Å²) in [4.78, 5) is 15.3. The zero-order chi connectivity index (χ0) is 26.1. The van der Waals surface area contributed by atoms with Crippen LogP contribution in [0.15, 0.2) is 85.1 Å². The van der Waals surface area contributed by atoms with Gasteiger partial charge in [0.05, 0.1) is 11.2 Å². The van der Waals surface area contributed by atoms with Gasteiger partial charge in [0.25, 0.3) is 5.91 Å². The summed E-state index contributed by atoms with van der Waals surface area (Å²) in [5, 5.41) is 14.9. The SMILES string of the molecule is CN1CCC(Nc2ccc(C(=O)Nc3cc(-c4cccc5ccn(-c6ccc(F)cc6)c45)[nH]n3)cc2)CC1. The van der Waals surface area contributed by atoms with Crippen LogP contribution >= 0.6 is 0 Å². The Kier molecular flexibility index (Phi) is 6.39. The molecule has 7 nitrogen and oxygen atoms in total. The van der Waals surface area contributed by atoms with Gasteiger partial charge in [-0.1, -0.05) is 18.2 Å². The first kappa shape index (κ1) is 23.9. The Morgan fingerprint density at radius 1 is 1.00 bits per heavy atom. The number of carbonyl (C=O) groups is 1. The van der Waals surface area contributed by atoms with Gasteiger partial charge in [-0.05, 0) is 87.6 Å². The fourth-order valence-electron chi connectivity index (χ4n) is 5.05. The fourth-order valence-corrected chi connectivity index (χ4v) is 5.05. The first-order valence-electron chi connectivity index (χ1n) is 12.8. The summed E-state index contributed by atoms with van der Waals surface area (Å²) >= 11 is 0. The third-order valence-corrected chi connectivity index (χ3v) is 7.16. The number of aromatic amines is 1. The van der Waals surface area contributed by atoms with Crippen molar-refractivity contribution in [2.75, 3.05) is 30.8 Å². The molecular formula is C30H29FN6O. The Morgan fingerprint density at radius 3 is 2.53 bits per heavy atom. The number of benzene rings is 3. The zero-order valence-electron chi connectivity index (χ0n) is 21.1. The van der Waals surface area contributed by atoms with Crippen molar-refractivity contribution in [3.8, 4) is 16.9 Å². The molecule has 1 aliphatic rings. The van der Waals surface area contributed by atoms with Crippen LogP contribution < -0.4 is 10.6 Å². The Bertz CT molecular complexity index is 1560. The molecule has 3 heterocycles. The molecule has 3 N–H and O–H groups in total. The number of nitrogens with zero attached hydrogens (tertiary/aromatic N) is 3. The van der Waals surface area contributed by atoms with Crippen molar-refractivity contribution >= 4 is 28.3 Å². The Morgan fingerprint density at radius 2 is 1.76 bits per heavy atom. The number of H-pyrrole nitrogens is 1. The molecule has 0 radical (unpaired) electrons. The molecule has 6 rings (SSSR count). The van der Waals surface area contributed by atoms with Gasteiger partial charge in [-0.25, -0.2) is 4.39 Å². The van der Waals surface area contributed by atoms with Gasteiger partial charge in [0, 0.05) is 46.2 Å². The van der Waals surface area contributed by atoms with Crippen LogP contribution in [0.3, 0.4) is 0 Å². The summed E-state index contributed by atoms with van der Waals surface area (Å²) in [5.74, 6) is -0.0558. The average molecular weight is 509 g/mol. The van der Waals surface area contributed by atoms with E-state index < -0.39 is 0 Å². The molecule has 5 aromatic rings. The highest BCUT2D eigenvalue weighted by molar-refractivity contribution is 6.04.